The molecule has 26 heavy (non-hydrogen) atoms. The monoisotopic (exact) mass is 364 g/mol. The zero-order chi connectivity index (χ0) is 18.9. The van der Waals surface area contributed by atoms with Crippen LogP contribution in [-0.4, -0.2) is 33.6 Å². The second-order valence-electron chi connectivity index (χ2n) is 11.4. The lowest BCUT2D eigenvalue weighted by molar-refractivity contribution is -0.190. The van der Waals surface area contributed by atoms with Crippen molar-refractivity contribution in [2.45, 2.75) is 90.8 Å². The summed E-state index contributed by atoms with van der Waals surface area (Å²) in [6.45, 7) is 9.31. The predicted molar refractivity (Wildman–Crippen MR) is 103 cm³/mol. The van der Waals surface area contributed by atoms with Crippen molar-refractivity contribution in [2.75, 3.05) is 6.61 Å². The molecule has 0 aromatic carbocycles. The Morgan fingerprint density at radius 1 is 0.962 bits per heavy atom. The average molecular weight is 365 g/mol. The predicted octanol–water partition coefficient (Wildman–Crippen LogP) is 4.00. The van der Waals surface area contributed by atoms with E-state index in [9.17, 15) is 15.3 Å². The van der Waals surface area contributed by atoms with Crippen LogP contribution in [0, 0.1) is 46.3 Å². The maximum atomic E-state index is 11.4. The Kier molecular flexibility index (Phi) is 4.57. The number of fused-ring (bicyclic) bond motifs is 5. The summed E-state index contributed by atoms with van der Waals surface area (Å²) in [4.78, 5) is 0. The molecule has 0 amide bonds. The van der Waals surface area contributed by atoms with E-state index in [1.165, 1.54) is 25.7 Å². The number of hydrogen-bond donors (Lipinski definition) is 3. The van der Waals surface area contributed by atoms with Crippen molar-refractivity contribution in [3.63, 3.8) is 0 Å². The molecular formula is C23H40O3. The third-order valence-corrected chi connectivity index (χ3v) is 9.93. The molecule has 4 aliphatic rings. The SMILES string of the molecule is C[C@H](CO)[C@H]1CC[C@H]2[C@@H]3CC[C@H]4C[C@@](C)(O)CC[C@]4(C)[C@H]3[C@@H](O)C[C@]12C. The summed E-state index contributed by atoms with van der Waals surface area (Å²) in [5.74, 6) is 3.17. The maximum absolute atomic E-state index is 11.4. The van der Waals surface area contributed by atoms with Crippen LogP contribution in [-0.2, 0) is 0 Å². The van der Waals surface area contributed by atoms with Gasteiger partial charge >= 0.3 is 0 Å². The first-order valence-corrected chi connectivity index (χ1v) is 11.1. The number of rotatable bonds is 2. The molecule has 3 N–H and O–H groups in total. The Morgan fingerprint density at radius 2 is 1.69 bits per heavy atom. The Labute approximate surface area is 159 Å². The van der Waals surface area contributed by atoms with E-state index in [2.05, 4.69) is 20.8 Å². The van der Waals surface area contributed by atoms with Crippen LogP contribution in [0.25, 0.3) is 0 Å². The Hall–Kier alpha value is -0.120. The van der Waals surface area contributed by atoms with Gasteiger partial charge in [-0.15, -0.1) is 0 Å². The highest BCUT2D eigenvalue weighted by atomic mass is 16.3. The van der Waals surface area contributed by atoms with E-state index in [1.807, 2.05) is 6.92 Å². The van der Waals surface area contributed by atoms with Gasteiger partial charge in [0.15, 0.2) is 0 Å². The smallest absolute Gasteiger partial charge is 0.0622 e. The number of aliphatic hydroxyl groups is 3. The third-order valence-electron chi connectivity index (χ3n) is 9.93. The fourth-order valence-corrected chi connectivity index (χ4v) is 8.66. The van der Waals surface area contributed by atoms with Crippen LogP contribution in [0.2, 0.25) is 0 Å². The van der Waals surface area contributed by atoms with E-state index in [1.54, 1.807) is 0 Å². The number of aliphatic hydroxyl groups excluding tert-OH is 2. The first kappa shape index (κ1) is 19.2. The van der Waals surface area contributed by atoms with Gasteiger partial charge in [0, 0.05) is 6.61 Å². The average Bonchev–Trinajstić information content (AvgIpc) is 2.91. The lowest BCUT2D eigenvalue weighted by Crippen LogP contribution is -2.60. The topological polar surface area (TPSA) is 60.7 Å². The molecule has 4 fully saturated rings. The van der Waals surface area contributed by atoms with Gasteiger partial charge in [-0.2, -0.15) is 0 Å². The Bertz CT molecular complexity index is 546. The molecule has 0 unspecified atom stereocenters. The lowest BCUT2D eigenvalue weighted by atomic mass is 9.43. The van der Waals surface area contributed by atoms with Crippen molar-refractivity contribution in [2.24, 2.45) is 46.3 Å². The highest BCUT2D eigenvalue weighted by Crippen LogP contribution is 2.68. The maximum Gasteiger partial charge on any atom is 0.0622 e. The highest BCUT2D eigenvalue weighted by Gasteiger charge is 2.63. The molecule has 0 aliphatic heterocycles. The summed E-state index contributed by atoms with van der Waals surface area (Å²) < 4.78 is 0. The highest BCUT2D eigenvalue weighted by molar-refractivity contribution is 5.13. The molecule has 4 rings (SSSR count). The molecule has 0 aromatic rings. The molecule has 3 nitrogen and oxygen atoms in total. The van der Waals surface area contributed by atoms with Crippen molar-refractivity contribution in [3.8, 4) is 0 Å². The molecule has 0 spiro atoms. The van der Waals surface area contributed by atoms with Crippen LogP contribution in [0.1, 0.15) is 79.1 Å². The van der Waals surface area contributed by atoms with Crippen LogP contribution in [0.4, 0.5) is 0 Å². The minimum Gasteiger partial charge on any atom is -0.396 e. The van der Waals surface area contributed by atoms with Gasteiger partial charge in [-0.25, -0.2) is 0 Å². The largest absolute Gasteiger partial charge is 0.396 e. The Balaban J connectivity index is 1.64. The summed E-state index contributed by atoms with van der Waals surface area (Å²) in [6, 6.07) is 0. The van der Waals surface area contributed by atoms with E-state index in [0.29, 0.717) is 35.5 Å². The first-order valence-electron chi connectivity index (χ1n) is 11.1. The van der Waals surface area contributed by atoms with Crippen molar-refractivity contribution in [1.82, 2.24) is 0 Å². The van der Waals surface area contributed by atoms with Gasteiger partial charge < -0.3 is 15.3 Å². The van der Waals surface area contributed by atoms with Crippen molar-refractivity contribution < 1.29 is 15.3 Å². The van der Waals surface area contributed by atoms with Gasteiger partial charge in [0.05, 0.1) is 11.7 Å². The second kappa shape index (κ2) is 6.19. The van der Waals surface area contributed by atoms with Gasteiger partial charge in [-0.05, 0) is 105 Å². The molecule has 3 heteroatoms. The van der Waals surface area contributed by atoms with Crippen molar-refractivity contribution in [1.29, 1.82) is 0 Å². The van der Waals surface area contributed by atoms with E-state index in [4.69, 9.17) is 0 Å². The summed E-state index contributed by atoms with van der Waals surface area (Å²) in [7, 11) is 0. The van der Waals surface area contributed by atoms with Crippen LogP contribution >= 0.6 is 0 Å². The molecule has 0 aromatic heterocycles. The van der Waals surface area contributed by atoms with Gasteiger partial charge in [0.1, 0.15) is 0 Å². The molecule has 4 aliphatic carbocycles. The summed E-state index contributed by atoms with van der Waals surface area (Å²) in [5.41, 5.74) is -0.140. The third kappa shape index (κ3) is 2.63. The van der Waals surface area contributed by atoms with Gasteiger partial charge in [-0.3, -0.25) is 0 Å². The van der Waals surface area contributed by atoms with Crippen LogP contribution in [0.3, 0.4) is 0 Å². The lowest BCUT2D eigenvalue weighted by Gasteiger charge is -2.63. The zero-order valence-electron chi connectivity index (χ0n) is 17.2. The van der Waals surface area contributed by atoms with Crippen molar-refractivity contribution >= 4 is 0 Å². The van der Waals surface area contributed by atoms with Gasteiger partial charge in [0.25, 0.3) is 0 Å². The van der Waals surface area contributed by atoms with E-state index in [0.717, 1.165) is 25.7 Å². The van der Waals surface area contributed by atoms with E-state index >= 15 is 0 Å². The standard InChI is InChI=1S/C23H40O3/c1-14(13-24)17-7-8-18-16-6-5-15-11-21(2,26)9-10-22(15,3)20(16)19(25)12-23(17,18)4/h14-20,24-26H,5-13H2,1-4H3/t14-,15+,16+,17-,18+,19+,20-,21+,22+,23-/m1/s1. The molecule has 0 radical (unpaired) electrons. The fraction of sp³-hybridized carbons (Fsp3) is 1.00. The molecular weight excluding hydrogens is 324 g/mol. The van der Waals surface area contributed by atoms with Crippen LogP contribution in [0.5, 0.6) is 0 Å². The zero-order valence-corrected chi connectivity index (χ0v) is 17.2. The van der Waals surface area contributed by atoms with Gasteiger partial charge in [0.2, 0.25) is 0 Å². The molecule has 4 saturated carbocycles. The van der Waals surface area contributed by atoms with Crippen LogP contribution < -0.4 is 0 Å². The molecule has 0 heterocycles. The first-order chi connectivity index (χ1) is 12.1. The normalized spacial score (nSPS) is 57.8. The minimum absolute atomic E-state index is 0.187. The fourth-order valence-electron chi connectivity index (χ4n) is 8.66. The second-order valence-corrected chi connectivity index (χ2v) is 11.4. The Morgan fingerprint density at radius 3 is 2.38 bits per heavy atom. The summed E-state index contributed by atoms with van der Waals surface area (Å²) >= 11 is 0. The quantitative estimate of drug-likeness (QED) is 0.694. The van der Waals surface area contributed by atoms with Crippen LogP contribution in [0.15, 0.2) is 0 Å². The molecule has 0 bridgehead atoms. The minimum atomic E-state index is -0.514. The summed E-state index contributed by atoms with van der Waals surface area (Å²) in [5, 5.41) is 31.8. The van der Waals surface area contributed by atoms with Crippen molar-refractivity contribution in [3.05, 3.63) is 0 Å². The number of hydrogen-bond acceptors (Lipinski definition) is 3. The van der Waals surface area contributed by atoms with Gasteiger partial charge in [-0.1, -0.05) is 20.8 Å². The molecule has 0 saturated heterocycles. The van der Waals surface area contributed by atoms with E-state index in [-0.39, 0.29) is 23.5 Å². The summed E-state index contributed by atoms with van der Waals surface area (Å²) in [6.07, 6.45) is 8.46. The van der Waals surface area contributed by atoms with E-state index < -0.39 is 5.60 Å². The molecule has 10 atom stereocenters. The molecule has 150 valence electrons.